The van der Waals surface area contributed by atoms with Crippen molar-refractivity contribution in [2.45, 2.75) is 77.4 Å². The Hall–Kier alpha value is -2.82. The molecule has 0 saturated heterocycles. The summed E-state index contributed by atoms with van der Waals surface area (Å²) in [6.45, 7) is 8.06. The van der Waals surface area contributed by atoms with Crippen LogP contribution in [0.1, 0.15) is 75.7 Å². The van der Waals surface area contributed by atoms with E-state index in [1.807, 2.05) is 24.3 Å². The molecule has 1 aliphatic carbocycles. The van der Waals surface area contributed by atoms with Crippen molar-refractivity contribution >= 4 is 17.6 Å². The molecule has 2 aromatic carbocycles. The third-order valence-corrected chi connectivity index (χ3v) is 5.58. The van der Waals surface area contributed by atoms with E-state index in [2.05, 4.69) is 26.1 Å². The number of hydrogen-bond acceptors (Lipinski definition) is 4. The minimum Gasteiger partial charge on any atom is -0.481 e. The van der Waals surface area contributed by atoms with E-state index in [9.17, 15) is 9.59 Å². The molecule has 0 heterocycles. The number of benzene rings is 2. The van der Waals surface area contributed by atoms with E-state index in [0.29, 0.717) is 17.0 Å². The average molecular weight is 424 g/mol. The van der Waals surface area contributed by atoms with Crippen molar-refractivity contribution in [3.05, 3.63) is 59.7 Å². The average Bonchev–Trinajstić information content (AvgIpc) is 2.74. The van der Waals surface area contributed by atoms with Crippen LogP contribution in [0.3, 0.4) is 0 Å². The number of carbonyl (C=O) groups is 2. The zero-order chi connectivity index (χ0) is 22.4. The first-order valence-electron chi connectivity index (χ1n) is 11.1. The monoisotopic (exact) mass is 423 g/mol. The molecule has 5 nitrogen and oxygen atoms in total. The predicted octanol–water partition coefficient (Wildman–Crippen LogP) is 5.88. The second kappa shape index (κ2) is 9.99. The predicted molar refractivity (Wildman–Crippen MR) is 123 cm³/mol. The Morgan fingerprint density at radius 2 is 1.61 bits per heavy atom. The third kappa shape index (κ3) is 6.33. The van der Waals surface area contributed by atoms with E-state index in [1.165, 1.54) is 6.42 Å². The third-order valence-electron chi connectivity index (χ3n) is 5.58. The highest BCUT2D eigenvalue weighted by molar-refractivity contribution is 5.95. The molecule has 5 heteroatoms. The highest BCUT2D eigenvalue weighted by Gasteiger charge is 2.22. The molecule has 0 aliphatic heterocycles. The van der Waals surface area contributed by atoms with Gasteiger partial charge in [-0.3, -0.25) is 4.79 Å². The van der Waals surface area contributed by atoms with Crippen LogP contribution >= 0.6 is 0 Å². The summed E-state index contributed by atoms with van der Waals surface area (Å²) >= 11 is 0. The molecule has 1 amide bonds. The highest BCUT2D eigenvalue weighted by atomic mass is 16.5. The lowest BCUT2D eigenvalue weighted by Crippen LogP contribution is -2.31. The lowest BCUT2D eigenvalue weighted by atomic mass is 9.86. The maximum Gasteiger partial charge on any atom is 0.338 e. The lowest BCUT2D eigenvalue weighted by Gasteiger charge is -2.24. The van der Waals surface area contributed by atoms with Gasteiger partial charge in [0, 0.05) is 5.69 Å². The largest absolute Gasteiger partial charge is 0.481 e. The molecule has 1 N–H and O–H groups in total. The SMILES string of the molecule is CC(Oc1ccccc1C(C)(C)C)C(=O)Nc1ccc(C(=O)OC2CCCCC2)cc1. The van der Waals surface area contributed by atoms with Crippen LogP contribution in [0, 0.1) is 0 Å². The van der Waals surface area contributed by atoms with Crippen LogP contribution in [0.25, 0.3) is 0 Å². The molecule has 1 aliphatic rings. The molecule has 0 bridgehead atoms. The van der Waals surface area contributed by atoms with E-state index in [0.717, 1.165) is 31.2 Å². The van der Waals surface area contributed by atoms with Gasteiger partial charge in [-0.15, -0.1) is 0 Å². The van der Waals surface area contributed by atoms with E-state index in [-0.39, 0.29) is 23.4 Å². The van der Waals surface area contributed by atoms with E-state index >= 15 is 0 Å². The van der Waals surface area contributed by atoms with Crippen LogP contribution in [-0.4, -0.2) is 24.1 Å². The van der Waals surface area contributed by atoms with Crippen LogP contribution in [0.5, 0.6) is 5.75 Å². The number of rotatable bonds is 6. The number of nitrogens with one attached hydrogen (secondary N) is 1. The summed E-state index contributed by atoms with van der Waals surface area (Å²) in [6.07, 6.45) is 4.68. The molecule has 2 aromatic rings. The Labute approximate surface area is 185 Å². The summed E-state index contributed by atoms with van der Waals surface area (Å²) in [5, 5.41) is 2.85. The number of ether oxygens (including phenoxy) is 2. The van der Waals surface area contributed by atoms with Crippen molar-refractivity contribution in [2.24, 2.45) is 0 Å². The molecule has 1 atom stereocenters. The Morgan fingerprint density at radius 3 is 2.26 bits per heavy atom. The van der Waals surface area contributed by atoms with E-state index in [4.69, 9.17) is 9.47 Å². The topological polar surface area (TPSA) is 64.6 Å². The summed E-state index contributed by atoms with van der Waals surface area (Å²) in [5.74, 6) is 0.153. The fourth-order valence-electron chi connectivity index (χ4n) is 3.77. The quantitative estimate of drug-likeness (QED) is 0.589. The van der Waals surface area contributed by atoms with Gasteiger partial charge < -0.3 is 14.8 Å². The highest BCUT2D eigenvalue weighted by Crippen LogP contribution is 2.31. The normalized spacial score (nSPS) is 15.7. The molecule has 1 unspecified atom stereocenters. The second-order valence-corrected chi connectivity index (χ2v) is 9.24. The van der Waals surface area contributed by atoms with Gasteiger partial charge in [-0.05, 0) is 73.9 Å². The van der Waals surface area contributed by atoms with Gasteiger partial charge in [0.2, 0.25) is 0 Å². The Kier molecular flexibility index (Phi) is 7.37. The maximum atomic E-state index is 12.6. The number of amides is 1. The summed E-state index contributed by atoms with van der Waals surface area (Å²) in [7, 11) is 0. The van der Waals surface area contributed by atoms with Gasteiger partial charge in [-0.1, -0.05) is 45.4 Å². The second-order valence-electron chi connectivity index (χ2n) is 9.24. The van der Waals surface area contributed by atoms with Crippen molar-refractivity contribution in [3.8, 4) is 5.75 Å². The van der Waals surface area contributed by atoms with Gasteiger partial charge in [-0.2, -0.15) is 0 Å². The molecule has 0 spiro atoms. The van der Waals surface area contributed by atoms with Crippen LogP contribution < -0.4 is 10.1 Å². The summed E-state index contributed by atoms with van der Waals surface area (Å²) in [4.78, 5) is 25.0. The van der Waals surface area contributed by atoms with E-state index in [1.54, 1.807) is 31.2 Å². The first-order valence-corrected chi connectivity index (χ1v) is 11.1. The molecule has 31 heavy (non-hydrogen) atoms. The molecular weight excluding hydrogens is 390 g/mol. The van der Waals surface area contributed by atoms with Crippen LogP contribution in [0.15, 0.2) is 48.5 Å². The minimum absolute atomic E-state index is 0.0228. The standard InChI is InChI=1S/C26H33NO4/c1-18(30-23-13-9-8-12-22(23)26(2,3)4)24(28)27-20-16-14-19(15-17-20)25(29)31-21-10-6-5-7-11-21/h8-9,12-18,21H,5-7,10-11H2,1-4H3,(H,27,28). The molecule has 0 radical (unpaired) electrons. The van der Waals surface area contributed by atoms with Gasteiger partial charge in [-0.25, -0.2) is 4.79 Å². The zero-order valence-corrected chi connectivity index (χ0v) is 18.9. The van der Waals surface area contributed by atoms with Crippen LogP contribution in [0.4, 0.5) is 5.69 Å². The number of esters is 1. The van der Waals surface area contributed by atoms with Crippen molar-refractivity contribution in [3.63, 3.8) is 0 Å². The molecule has 1 saturated carbocycles. The van der Waals surface area contributed by atoms with Gasteiger partial charge in [0.25, 0.3) is 5.91 Å². The minimum atomic E-state index is -0.667. The van der Waals surface area contributed by atoms with Crippen molar-refractivity contribution in [1.29, 1.82) is 0 Å². The van der Waals surface area contributed by atoms with Gasteiger partial charge in [0.05, 0.1) is 5.56 Å². The lowest BCUT2D eigenvalue weighted by molar-refractivity contribution is -0.122. The van der Waals surface area contributed by atoms with Crippen molar-refractivity contribution in [2.75, 3.05) is 5.32 Å². The summed E-state index contributed by atoms with van der Waals surface area (Å²) in [5.41, 5.74) is 2.07. The molecule has 1 fully saturated rings. The van der Waals surface area contributed by atoms with Crippen molar-refractivity contribution < 1.29 is 19.1 Å². The van der Waals surface area contributed by atoms with Crippen LogP contribution in [-0.2, 0) is 14.9 Å². The number of para-hydroxylation sites is 1. The van der Waals surface area contributed by atoms with Crippen LogP contribution in [0.2, 0.25) is 0 Å². The Bertz CT molecular complexity index is 892. The zero-order valence-electron chi connectivity index (χ0n) is 18.9. The Balaban J connectivity index is 1.57. The van der Waals surface area contributed by atoms with Crippen molar-refractivity contribution in [1.82, 2.24) is 0 Å². The smallest absolute Gasteiger partial charge is 0.338 e. The molecule has 0 aromatic heterocycles. The first kappa shape index (κ1) is 22.9. The van der Waals surface area contributed by atoms with Gasteiger partial charge >= 0.3 is 5.97 Å². The van der Waals surface area contributed by atoms with Gasteiger partial charge in [0.15, 0.2) is 6.10 Å². The maximum absolute atomic E-state index is 12.6. The number of carbonyl (C=O) groups excluding carboxylic acids is 2. The summed E-state index contributed by atoms with van der Waals surface area (Å²) in [6, 6.07) is 14.6. The number of hydrogen-bond donors (Lipinski definition) is 1. The summed E-state index contributed by atoms with van der Waals surface area (Å²) < 4.78 is 11.6. The van der Waals surface area contributed by atoms with E-state index < -0.39 is 6.10 Å². The number of anilines is 1. The van der Waals surface area contributed by atoms with Gasteiger partial charge in [0.1, 0.15) is 11.9 Å². The molecule has 166 valence electrons. The molecular formula is C26H33NO4. The Morgan fingerprint density at radius 1 is 0.968 bits per heavy atom. The molecule has 3 rings (SSSR count). The fraction of sp³-hybridized carbons (Fsp3) is 0.462. The fourth-order valence-corrected chi connectivity index (χ4v) is 3.77. The first-order chi connectivity index (χ1) is 14.7.